The number of hydrogen-bond acceptors (Lipinski definition) is 2. The number of aryl methyl sites for hydroxylation is 1. The lowest BCUT2D eigenvalue weighted by atomic mass is 10.1. The molecule has 2 aromatic rings. The van der Waals surface area contributed by atoms with Gasteiger partial charge in [-0.3, -0.25) is 4.79 Å². The van der Waals surface area contributed by atoms with E-state index in [2.05, 4.69) is 36.5 Å². The predicted octanol–water partition coefficient (Wildman–Crippen LogP) is 3.71. The normalized spacial score (nSPS) is 10.3. The molecule has 3 nitrogen and oxygen atoms in total. The molecule has 0 atom stereocenters. The highest BCUT2D eigenvalue weighted by Gasteiger charge is 2.08. The van der Waals surface area contributed by atoms with Crippen LogP contribution in [0.15, 0.2) is 54.6 Å². The van der Waals surface area contributed by atoms with Crippen LogP contribution in [0, 0.1) is 0 Å². The Bertz CT molecular complexity index is 578. The topological polar surface area (TPSA) is 32.3 Å². The van der Waals surface area contributed by atoms with Gasteiger partial charge >= 0.3 is 0 Å². The van der Waals surface area contributed by atoms with E-state index in [9.17, 15) is 4.79 Å². The van der Waals surface area contributed by atoms with Crippen LogP contribution in [0.4, 0.5) is 5.69 Å². The largest absolute Gasteiger partial charge is 0.385 e. The van der Waals surface area contributed by atoms with Crippen molar-refractivity contribution in [1.29, 1.82) is 0 Å². The summed E-state index contributed by atoms with van der Waals surface area (Å²) in [6, 6.07) is 18.4. The van der Waals surface area contributed by atoms with E-state index in [1.54, 1.807) is 4.90 Å². The summed E-state index contributed by atoms with van der Waals surface area (Å²) in [5, 5.41) is 3.30. The van der Waals surface area contributed by atoms with Crippen molar-refractivity contribution >= 4 is 11.6 Å². The van der Waals surface area contributed by atoms with Gasteiger partial charge in [0, 0.05) is 32.2 Å². The van der Waals surface area contributed by atoms with E-state index < -0.39 is 0 Å². The molecule has 116 valence electrons. The number of rotatable bonds is 7. The second kappa shape index (κ2) is 8.23. The fourth-order valence-corrected chi connectivity index (χ4v) is 2.31. The summed E-state index contributed by atoms with van der Waals surface area (Å²) >= 11 is 0. The van der Waals surface area contributed by atoms with Crippen LogP contribution < -0.4 is 5.32 Å². The molecule has 0 saturated heterocycles. The van der Waals surface area contributed by atoms with Gasteiger partial charge in [0.05, 0.1) is 0 Å². The molecule has 2 aromatic carbocycles. The summed E-state index contributed by atoms with van der Waals surface area (Å²) in [6.45, 7) is 3.46. The summed E-state index contributed by atoms with van der Waals surface area (Å²) in [5.41, 5.74) is 3.54. The Labute approximate surface area is 133 Å². The van der Waals surface area contributed by atoms with E-state index in [-0.39, 0.29) is 5.91 Å². The lowest BCUT2D eigenvalue weighted by Crippen LogP contribution is -2.27. The first-order valence-electron chi connectivity index (χ1n) is 7.79. The average molecular weight is 296 g/mol. The van der Waals surface area contributed by atoms with Crippen LogP contribution in [0.3, 0.4) is 0 Å². The first kappa shape index (κ1) is 16.1. The van der Waals surface area contributed by atoms with Gasteiger partial charge in [-0.1, -0.05) is 49.4 Å². The van der Waals surface area contributed by atoms with E-state index in [1.165, 1.54) is 5.56 Å². The minimum absolute atomic E-state index is 0.154. The van der Waals surface area contributed by atoms with Gasteiger partial charge in [0.15, 0.2) is 0 Å². The lowest BCUT2D eigenvalue weighted by molar-refractivity contribution is -0.130. The molecule has 0 heterocycles. The van der Waals surface area contributed by atoms with Crippen molar-refractivity contribution in [3.05, 3.63) is 65.7 Å². The second-order valence-electron chi connectivity index (χ2n) is 5.46. The number of benzene rings is 2. The average Bonchev–Trinajstić information content (AvgIpc) is 2.56. The molecular formula is C19H24N2O. The van der Waals surface area contributed by atoms with Gasteiger partial charge in [0.25, 0.3) is 0 Å². The maximum absolute atomic E-state index is 12.1. The number of nitrogens with zero attached hydrogens (tertiary/aromatic N) is 1. The SMILES string of the molecule is CCc1ccc(NCCC(=O)N(C)Cc2ccccc2)cc1. The fraction of sp³-hybridized carbons (Fsp3) is 0.316. The standard InChI is InChI=1S/C19H24N2O/c1-3-16-9-11-18(12-10-16)20-14-13-19(22)21(2)15-17-7-5-4-6-8-17/h4-12,20H,3,13-15H2,1-2H3. The third kappa shape index (κ3) is 4.92. The molecule has 0 fully saturated rings. The molecule has 0 aromatic heterocycles. The Kier molecular flexibility index (Phi) is 6.01. The minimum Gasteiger partial charge on any atom is -0.385 e. The zero-order chi connectivity index (χ0) is 15.8. The molecule has 2 rings (SSSR count). The molecule has 22 heavy (non-hydrogen) atoms. The number of carbonyl (C=O) groups excluding carboxylic acids is 1. The molecule has 0 unspecified atom stereocenters. The van der Waals surface area contributed by atoms with Crippen molar-refractivity contribution in [2.24, 2.45) is 0 Å². The first-order chi connectivity index (χ1) is 10.7. The summed E-state index contributed by atoms with van der Waals surface area (Å²) in [6.07, 6.45) is 1.54. The Hall–Kier alpha value is -2.29. The van der Waals surface area contributed by atoms with Gasteiger partial charge in [-0.25, -0.2) is 0 Å². The monoisotopic (exact) mass is 296 g/mol. The van der Waals surface area contributed by atoms with Crippen LogP contribution >= 0.6 is 0 Å². The summed E-state index contributed by atoms with van der Waals surface area (Å²) in [5.74, 6) is 0.154. The van der Waals surface area contributed by atoms with Crippen molar-refractivity contribution in [2.45, 2.75) is 26.3 Å². The zero-order valence-corrected chi connectivity index (χ0v) is 13.4. The molecule has 1 amide bonds. The third-order valence-electron chi connectivity index (χ3n) is 3.72. The highest BCUT2D eigenvalue weighted by atomic mass is 16.2. The van der Waals surface area contributed by atoms with Crippen LogP contribution in [0.25, 0.3) is 0 Å². The van der Waals surface area contributed by atoms with Gasteiger partial charge in [0.2, 0.25) is 5.91 Å². The summed E-state index contributed by atoms with van der Waals surface area (Å²) in [4.78, 5) is 13.9. The van der Waals surface area contributed by atoms with Gasteiger partial charge in [-0.15, -0.1) is 0 Å². The van der Waals surface area contributed by atoms with Crippen molar-refractivity contribution in [3.63, 3.8) is 0 Å². The number of amides is 1. The number of hydrogen-bond donors (Lipinski definition) is 1. The molecule has 0 radical (unpaired) electrons. The van der Waals surface area contributed by atoms with Gasteiger partial charge < -0.3 is 10.2 Å². The van der Waals surface area contributed by atoms with Gasteiger partial charge in [-0.05, 0) is 29.7 Å². The molecule has 0 saturated carbocycles. The van der Waals surface area contributed by atoms with Crippen molar-refractivity contribution in [3.8, 4) is 0 Å². The highest BCUT2D eigenvalue weighted by Crippen LogP contribution is 2.10. The van der Waals surface area contributed by atoms with E-state index >= 15 is 0 Å². The molecule has 0 aliphatic rings. The fourth-order valence-electron chi connectivity index (χ4n) is 2.31. The predicted molar refractivity (Wildman–Crippen MR) is 91.8 cm³/mol. The highest BCUT2D eigenvalue weighted by molar-refractivity contribution is 5.76. The molecule has 3 heteroatoms. The van der Waals surface area contributed by atoms with Crippen molar-refractivity contribution in [2.75, 3.05) is 18.9 Å². The van der Waals surface area contributed by atoms with Crippen LogP contribution in [0.1, 0.15) is 24.5 Å². The van der Waals surface area contributed by atoms with E-state index in [1.807, 2.05) is 37.4 Å². The molecular weight excluding hydrogens is 272 g/mol. The Morgan fingerprint density at radius 3 is 2.32 bits per heavy atom. The number of anilines is 1. The Morgan fingerprint density at radius 1 is 1.00 bits per heavy atom. The Balaban J connectivity index is 1.74. The summed E-state index contributed by atoms with van der Waals surface area (Å²) in [7, 11) is 1.85. The van der Waals surface area contributed by atoms with Crippen LogP contribution in [-0.2, 0) is 17.8 Å². The zero-order valence-electron chi connectivity index (χ0n) is 13.4. The van der Waals surface area contributed by atoms with E-state index in [0.717, 1.165) is 17.7 Å². The molecule has 0 bridgehead atoms. The lowest BCUT2D eigenvalue weighted by Gasteiger charge is -2.17. The van der Waals surface area contributed by atoms with Crippen LogP contribution in [-0.4, -0.2) is 24.4 Å². The van der Waals surface area contributed by atoms with Gasteiger partial charge in [-0.2, -0.15) is 0 Å². The minimum atomic E-state index is 0.154. The van der Waals surface area contributed by atoms with Crippen molar-refractivity contribution in [1.82, 2.24) is 4.90 Å². The first-order valence-corrected chi connectivity index (χ1v) is 7.79. The second-order valence-corrected chi connectivity index (χ2v) is 5.46. The molecule has 0 spiro atoms. The Morgan fingerprint density at radius 2 is 1.68 bits per heavy atom. The van der Waals surface area contributed by atoms with E-state index in [0.29, 0.717) is 19.5 Å². The number of nitrogens with one attached hydrogen (secondary N) is 1. The molecule has 1 N–H and O–H groups in total. The van der Waals surface area contributed by atoms with Gasteiger partial charge in [0.1, 0.15) is 0 Å². The maximum atomic E-state index is 12.1. The molecule has 0 aliphatic carbocycles. The third-order valence-corrected chi connectivity index (χ3v) is 3.72. The maximum Gasteiger partial charge on any atom is 0.224 e. The van der Waals surface area contributed by atoms with E-state index in [4.69, 9.17) is 0 Å². The van der Waals surface area contributed by atoms with Crippen LogP contribution in [0.2, 0.25) is 0 Å². The molecule has 0 aliphatic heterocycles. The summed E-state index contributed by atoms with van der Waals surface area (Å²) < 4.78 is 0. The smallest absolute Gasteiger partial charge is 0.224 e. The quantitative estimate of drug-likeness (QED) is 0.844. The van der Waals surface area contributed by atoms with Crippen LogP contribution in [0.5, 0.6) is 0 Å². The van der Waals surface area contributed by atoms with Crippen molar-refractivity contribution < 1.29 is 4.79 Å². The number of carbonyl (C=O) groups is 1.